The summed E-state index contributed by atoms with van der Waals surface area (Å²) in [5, 5.41) is 10.3. The summed E-state index contributed by atoms with van der Waals surface area (Å²) in [6, 6.07) is 9.58. The molecule has 1 aliphatic rings. The van der Waals surface area contributed by atoms with Gasteiger partial charge >= 0.3 is 0 Å². The predicted molar refractivity (Wildman–Crippen MR) is 69.9 cm³/mol. The minimum Gasteiger partial charge on any atom is -0.385 e. The zero-order valence-corrected chi connectivity index (χ0v) is 10.7. The maximum atomic E-state index is 10.3. The lowest BCUT2D eigenvalue weighted by Gasteiger charge is -2.21. The van der Waals surface area contributed by atoms with Gasteiger partial charge < -0.3 is 14.6 Å². The second-order valence-corrected chi connectivity index (χ2v) is 4.77. The molecule has 96 valence electrons. The Morgan fingerprint density at radius 1 is 1.44 bits per heavy atom. The molecule has 0 unspecified atom stereocenters. The van der Waals surface area contributed by atoms with E-state index < -0.39 is 11.9 Å². The van der Waals surface area contributed by atoms with Crippen LogP contribution in [0, 0.1) is 0 Å². The summed E-state index contributed by atoms with van der Waals surface area (Å²) >= 11 is 0. The third-order valence-corrected chi connectivity index (χ3v) is 2.95. The summed E-state index contributed by atoms with van der Waals surface area (Å²) in [7, 11) is 0. The molecule has 0 saturated carbocycles. The number of aliphatic hydroxyl groups is 1. The fourth-order valence-corrected chi connectivity index (χ4v) is 2.05. The minimum absolute atomic E-state index is 0.367. The highest BCUT2D eigenvalue weighted by Gasteiger charge is 2.38. The van der Waals surface area contributed by atoms with Crippen LogP contribution in [0.25, 0.3) is 5.57 Å². The number of ether oxygens (including phenoxy) is 2. The van der Waals surface area contributed by atoms with Crippen LogP contribution >= 0.6 is 0 Å². The molecule has 0 aromatic heterocycles. The number of aliphatic hydroxyl groups excluding tert-OH is 1. The molecule has 1 aromatic carbocycles. The predicted octanol–water partition coefficient (Wildman–Crippen LogP) is 2.37. The molecule has 2 rings (SSSR count). The van der Waals surface area contributed by atoms with E-state index in [4.69, 9.17) is 9.47 Å². The Morgan fingerprint density at radius 2 is 2.11 bits per heavy atom. The molecule has 2 atom stereocenters. The lowest BCUT2D eigenvalue weighted by molar-refractivity contribution is -0.146. The van der Waals surface area contributed by atoms with Crippen LogP contribution in [0.15, 0.2) is 42.6 Å². The van der Waals surface area contributed by atoms with Crippen molar-refractivity contribution < 1.29 is 14.6 Å². The standard InChI is InChI=1S/C15H18O3/c1-4-12(11-8-6-5-7-9-11)14(16)13-10-17-15(2,3)18-13/h5-9,13-14,16H,1,10H2,2-3H3/t13-,14+/m1/s1. The fourth-order valence-electron chi connectivity index (χ4n) is 2.05. The Morgan fingerprint density at radius 3 is 2.61 bits per heavy atom. The highest BCUT2D eigenvalue weighted by Crippen LogP contribution is 2.29. The van der Waals surface area contributed by atoms with E-state index in [2.05, 4.69) is 12.3 Å². The summed E-state index contributed by atoms with van der Waals surface area (Å²) in [4.78, 5) is 0. The monoisotopic (exact) mass is 246 g/mol. The van der Waals surface area contributed by atoms with Crippen LogP contribution in [0.1, 0.15) is 19.4 Å². The first kappa shape index (κ1) is 13.1. The Hall–Kier alpha value is -1.38. The van der Waals surface area contributed by atoms with E-state index >= 15 is 0 Å². The van der Waals surface area contributed by atoms with Gasteiger partial charge in [-0.25, -0.2) is 0 Å². The van der Waals surface area contributed by atoms with Gasteiger partial charge in [-0.2, -0.15) is 0 Å². The summed E-state index contributed by atoms with van der Waals surface area (Å²) in [5.41, 5.74) is 4.34. The van der Waals surface area contributed by atoms with Crippen LogP contribution in [0.5, 0.6) is 0 Å². The highest BCUT2D eigenvalue weighted by atomic mass is 16.7. The molecule has 1 saturated heterocycles. The Labute approximate surface area is 107 Å². The third-order valence-electron chi connectivity index (χ3n) is 2.95. The molecule has 0 bridgehead atoms. The van der Waals surface area contributed by atoms with Crippen molar-refractivity contribution in [1.82, 2.24) is 0 Å². The normalized spacial score (nSPS) is 23.4. The van der Waals surface area contributed by atoms with E-state index in [-0.39, 0.29) is 6.10 Å². The Bertz CT molecular complexity index is 458. The van der Waals surface area contributed by atoms with Gasteiger partial charge in [0.15, 0.2) is 5.79 Å². The molecule has 0 amide bonds. The minimum atomic E-state index is -0.785. The van der Waals surface area contributed by atoms with Crippen LogP contribution < -0.4 is 0 Å². The highest BCUT2D eigenvalue weighted by molar-refractivity contribution is 5.68. The van der Waals surface area contributed by atoms with Crippen molar-refractivity contribution in [2.75, 3.05) is 6.61 Å². The number of benzene rings is 1. The summed E-state index contributed by atoms with van der Waals surface area (Å²) < 4.78 is 11.1. The molecule has 1 aromatic rings. The molecule has 18 heavy (non-hydrogen) atoms. The molecule has 1 aliphatic heterocycles. The summed E-state index contributed by atoms with van der Waals surface area (Å²) in [6.45, 7) is 7.68. The zero-order chi connectivity index (χ0) is 13.2. The van der Waals surface area contributed by atoms with Crippen LogP contribution in [-0.2, 0) is 9.47 Å². The SMILES string of the molecule is C=C=C(c1ccccc1)[C@H](O)[C@H]1COC(C)(C)O1. The zero-order valence-electron chi connectivity index (χ0n) is 10.7. The van der Waals surface area contributed by atoms with Gasteiger partial charge in [-0.1, -0.05) is 36.9 Å². The van der Waals surface area contributed by atoms with Crippen LogP contribution in [0.3, 0.4) is 0 Å². The van der Waals surface area contributed by atoms with Crippen molar-refractivity contribution in [2.24, 2.45) is 0 Å². The molecule has 3 nitrogen and oxygen atoms in total. The maximum absolute atomic E-state index is 10.3. The average molecular weight is 246 g/mol. The van der Waals surface area contributed by atoms with Crippen molar-refractivity contribution in [3.8, 4) is 0 Å². The van der Waals surface area contributed by atoms with E-state index in [9.17, 15) is 5.11 Å². The third kappa shape index (κ3) is 2.71. The lowest BCUT2D eigenvalue weighted by atomic mass is 9.98. The van der Waals surface area contributed by atoms with Crippen LogP contribution in [0.2, 0.25) is 0 Å². The van der Waals surface area contributed by atoms with Gasteiger partial charge in [-0.05, 0) is 19.4 Å². The largest absolute Gasteiger partial charge is 0.385 e. The number of rotatable bonds is 3. The van der Waals surface area contributed by atoms with Crippen molar-refractivity contribution in [2.45, 2.75) is 31.8 Å². The molecular weight excluding hydrogens is 228 g/mol. The van der Waals surface area contributed by atoms with E-state index in [0.717, 1.165) is 5.56 Å². The number of hydrogen-bond donors (Lipinski definition) is 1. The maximum Gasteiger partial charge on any atom is 0.163 e. The van der Waals surface area contributed by atoms with Crippen molar-refractivity contribution in [1.29, 1.82) is 0 Å². The molecule has 1 fully saturated rings. The second-order valence-electron chi connectivity index (χ2n) is 4.77. The molecule has 0 spiro atoms. The first-order valence-corrected chi connectivity index (χ1v) is 5.99. The van der Waals surface area contributed by atoms with Crippen molar-refractivity contribution in [3.05, 3.63) is 48.2 Å². The van der Waals surface area contributed by atoms with E-state index in [1.165, 1.54) is 0 Å². The average Bonchev–Trinajstić information content (AvgIpc) is 2.72. The molecule has 1 N–H and O–H groups in total. The van der Waals surface area contributed by atoms with E-state index in [1.807, 2.05) is 44.2 Å². The fraction of sp³-hybridized carbons (Fsp3) is 0.400. The van der Waals surface area contributed by atoms with Gasteiger partial charge in [0, 0.05) is 5.57 Å². The van der Waals surface area contributed by atoms with Crippen LogP contribution in [0.4, 0.5) is 0 Å². The molecular formula is C15H18O3. The van der Waals surface area contributed by atoms with Gasteiger partial charge in [0.05, 0.1) is 6.61 Å². The topological polar surface area (TPSA) is 38.7 Å². The lowest BCUT2D eigenvalue weighted by Crippen LogP contribution is -2.31. The smallest absolute Gasteiger partial charge is 0.163 e. The number of hydrogen-bond acceptors (Lipinski definition) is 3. The van der Waals surface area contributed by atoms with Gasteiger partial charge in [0.1, 0.15) is 12.2 Å². The van der Waals surface area contributed by atoms with E-state index in [0.29, 0.717) is 12.2 Å². The van der Waals surface area contributed by atoms with Gasteiger partial charge in [-0.3, -0.25) is 0 Å². The Balaban J connectivity index is 2.18. The first-order chi connectivity index (χ1) is 8.53. The van der Waals surface area contributed by atoms with Crippen LogP contribution in [-0.4, -0.2) is 29.7 Å². The quantitative estimate of drug-likeness (QED) is 0.832. The molecule has 0 radical (unpaired) electrons. The molecule has 0 aliphatic carbocycles. The van der Waals surface area contributed by atoms with Gasteiger partial charge in [0.2, 0.25) is 0 Å². The molecule has 3 heteroatoms. The van der Waals surface area contributed by atoms with Crippen molar-refractivity contribution >= 4 is 5.57 Å². The van der Waals surface area contributed by atoms with Crippen molar-refractivity contribution in [3.63, 3.8) is 0 Å². The van der Waals surface area contributed by atoms with E-state index in [1.54, 1.807) is 0 Å². The van der Waals surface area contributed by atoms with Gasteiger partial charge in [0.25, 0.3) is 0 Å². The molecule has 1 heterocycles. The summed E-state index contributed by atoms with van der Waals surface area (Å²) in [5.74, 6) is -0.644. The summed E-state index contributed by atoms with van der Waals surface area (Å²) in [6.07, 6.45) is -1.17. The Kier molecular flexibility index (Phi) is 3.69. The van der Waals surface area contributed by atoms with Gasteiger partial charge in [-0.15, -0.1) is 5.73 Å². The first-order valence-electron chi connectivity index (χ1n) is 5.99. The second kappa shape index (κ2) is 5.09.